The summed E-state index contributed by atoms with van der Waals surface area (Å²) in [6.45, 7) is 3.62. The van der Waals surface area contributed by atoms with Gasteiger partial charge in [-0.05, 0) is 53.5 Å². The van der Waals surface area contributed by atoms with Crippen LogP contribution in [0.2, 0.25) is 0 Å². The zero-order valence-corrected chi connectivity index (χ0v) is 12.6. The molecule has 0 aliphatic heterocycles. The van der Waals surface area contributed by atoms with Crippen LogP contribution in [0.25, 0.3) is 0 Å². The van der Waals surface area contributed by atoms with Crippen molar-refractivity contribution < 1.29 is 13.9 Å². The average Bonchev–Trinajstić information content (AvgIpc) is 2.35. The third kappa shape index (κ3) is 3.10. The van der Waals surface area contributed by atoms with Gasteiger partial charge in [0, 0.05) is 17.3 Å². The van der Waals surface area contributed by atoms with Crippen LogP contribution < -0.4 is 5.32 Å². The zero-order valence-electron chi connectivity index (χ0n) is 11.0. The highest BCUT2D eigenvalue weighted by Crippen LogP contribution is 2.30. The number of rotatable bonds is 3. The van der Waals surface area contributed by atoms with Gasteiger partial charge >= 0.3 is 0 Å². The van der Waals surface area contributed by atoms with Gasteiger partial charge < -0.3 is 10.4 Å². The van der Waals surface area contributed by atoms with Crippen molar-refractivity contribution in [2.75, 3.05) is 5.32 Å². The molecule has 5 heteroatoms. The van der Waals surface area contributed by atoms with Gasteiger partial charge in [-0.2, -0.15) is 0 Å². The molecule has 2 rings (SSSR count). The average molecular weight is 342 g/mol. The Hall–Kier alpha value is -1.62. The molecule has 1 unspecified atom stereocenters. The number of anilines is 1. The highest BCUT2D eigenvalue weighted by molar-refractivity contribution is 9.10. The van der Waals surface area contributed by atoms with Crippen molar-refractivity contribution in [1.82, 2.24) is 0 Å². The number of nitrogens with one attached hydrogen (secondary N) is 1. The third-order valence-corrected chi connectivity index (χ3v) is 3.71. The van der Waals surface area contributed by atoms with Crippen LogP contribution in [0, 0.1) is 18.6 Å². The van der Waals surface area contributed by atoms with Crippen LogP contribution in [0.3, 0.4) is 0 Å². The van der Waals surface area contributed by atoms with Gasteiger partial charge in [-0.15, -0.1) is 0 Å². The molecule has 0 amide bonds. The second kappa shape index (κ2) is 5.79. The first-order valence-corrected chi connectivity index (χ1v) is 6.88. The molecule has 2 aromatic rings. The Morgan fingerprint density at radius 2 is 1.90 bits per heavy atom. The summed E-state index contributed by atoms with van der Waals surface area (Å²) in [6.07, 6.45) is 0. The molecular formula is C15H14BrF2NO. The highest BCUT2D eigenvalue weighted by atomic mass is 79.9. The topological polar surface area (TPSA) is 32.3 Å². The third-order valence-electron chi connectivity index (χ3n) is 3.10. The SMILES string of the molecule is Cc1cc(F)c(Br)cc1NC(C)c1ccc(F)cc1O. The van der Waals surface area contributed by atoms with Gasteiger partial charge in [0.05, 0.1) is 10.5 Å². The van der Waals surface area contributed by atoms with Crippen molar-refractivity contribution >= 4 is 21.6 Å². The molecule has 0 saturated carbocycles. The predicted molar refractivity (Wildman–Crippen MR) is 78.9 cm³/mol. The van der Waals surface area contributed by atoms with E-state index < -0.39 is 5.82 Å². The van der Waals surface area contributed by atoms with Crippen LogP contribution in [0.4, 0.5) is 14.5 Å². The fourth-order valence-electron chi connectivity index (χ4n) is 2.00. The first-order valence-electron chi connectivity index (χ1n) is 6.09. The number of halogens is 3. The highest BCUT2D eigenvalue weighted by Gasteiger charge is 2.13. The fourth-order valence-corrected chi connectivity index (χ4v) is 2.34. The number of hydrogen-bond acceptors (Lipinski definition) is 2. The molecule has 2 nitrogen and oxygen atoms in total. The van der Waals surface area contributed by atoms with Crippen molar-refractivity contribution in [1.29, 1.82) is 0 Å². The minimum Gasteiger partial charge on any atom is -0.507 e. The monoisotopic (exact) mass is 341 g/mol. The van der Waals surface area contributed by atoms with Crippen molar-refractivity contribution in [3.05, 3.63) is 57.6 Å². The standard InChI is InChI=1S/C15H14BrF2NO/c1-8-5-13(18)12(16)7-14(8)19-9(2)11-4-3-10(17)6-15(11)20/h3-7,9,19-20H,1-2H3. The molecule has 0 bridgehead atoms. The van der Waals surface area contributed by atoms with Gasteiger partial charge in [-0.25, -0.2) is 8.78 Å². The summed E-state index contributed by atoms with van der Waals surface area (Å²) in [6, 6.07) is 6.70. The molecule has 0 heterocycles. The maximum absolute atomic E-state index is 13.4. The first kappa shape index (κ1) is 14.8. The lowest BCUT2D eigenvalue weighted by molar-refractivity contribution is 0.459. The van der Waals surface area contributed by atoms with Gasteiger partial charge in [-0.3, -0.25) is 0 Å². The van der Waals surface area contributed by atoms with Gasteiger partial charge in [0.2, 0.25) is 0 Å². The Balaban J connectivity index is 2.27. The molecule has 0 radical (unpaired) electrons. The number of benzene rings is 2. The van der Waals surface area contributed by atoms with Gasteiger partial charge in [0.15, 0.2) is 0 Å². The summed E-state index contributed by atoms with van der Waals surface area (Å²) in [7, 11) is 0. The Morgan fingerprint density at radius 3 is 2.55 bits per heavy atom. The first-order chi connectivity index (χ1) is 9.38. The van der Waals surface area contributed by atoms with E-state index in [0.717, 1.165) is 17.3 Å². The van der Waals surface area contributed by atoms with E-state index in [1.807, 2.05) is 6.92 Å². The Morgan fingerprint density at radius 1 is 1.20 bits per heavy atom. The summed E-state index contributed by atoms with van der Waals surface area (Å²) >= 11 is 3.14. The smallest absolute Gasteiger partial charge is 0.137 e. The van der Waals surface area contributed by atoms with E-state index >= 15 is 0 Å². The van der Waals surface area contributed by atoms with E-state index in [4.69, 9.17) is 0 Å². The largest absolute Gasteiger partial charge is 0.507 e. The maximum atomic E-state index is 13.4. The normalized spacial score (nSPS) is 12.2. The maximum Gasteiger partial charge on any atom is 0.137 e. The van der Waals surface area contributed by atoms with Crippen molar-refractivity contribution in [3.63, 3.8) is 0 Å². The number of aryl methyl sites for hydroxylation is 1. The van der Waals surface area contributed by atoms with Crippen LogP contribution in [0.15, 0.2) is 34.8 Å². The lowest BCUT2D eigenvalue weighted by Crippen LogP contribution is -2.08. The van der Waals surface area contributed by atoms with E-state index in [0.29, 0.717) is 10.0 Å². The number of aromatic hydroxyl groups is 1. The van der Waals surface area contributed by atoms with Crippen LogP contribution in [-0.2, 0) is 0 Å². The van der Waals surface area contributed by atoms with Crippen molar-refractivity contribution in [3.8, 4) is 5.75 Å². The van der Waals surface area contributed by atoms with E-state index in [-0.39, 0.29) is 17.6 Å². The van der Waals surface area contributed by atoms with Crippen LogP contribution in [0.1, 0.15) is 24.1 Å². The molecular weight excluding hydrogens is 328 g/mol. The molecule has 0 spiro atoms. The lowest BCUT2D eigenvalue weighted by atomic mass is 10.1. The minimum absolute atomic E-state index is 0.108. The van der Waals surface area contributed by atoms with Gasteiger partial charge in [0.25, 0.3) is 0 Å². The van der Waals surface area contributed by atoms with Crippen molar-refractivity contribution in [2.45, 2.75) is 19.9 Å². The minimum atomic E-state index is -0.487. The quantitative estimate of drug-likeness (QED) is 0.830. The molecule has 0 fully saturated rings. The lowest BCUT2D eigenvalue weighted by Gasteiger charge is -2.19. The molecule has 0 aromatic heterocycles. The Labute approximate surface area is 124 Å². The molecule has 0 aliphatic carbocycles. The molecule has 20 heavy (non-hydrogen) atoms. The van der Waals surface area contributed by atoms with Crippen LogP contribution in [0.5, 0.6) is 5.75 Å². The van der Waals surface area contributed by atoms with Gasteiger partial charge in [0.1, 0.15) is 17.4 Å². The molecule has 0 aliphatic rings. The number of phenols is 1. The molecule has 2 aromatic carbocycles. The Bertz CT molecular complexity index is 646. The summed E-state index contributed by atoms with van der Waals surface area (Å²) in [4.78, 5) is 0. The molecule has 1 atom stereocenters. The fraction of sp³-hybridized carbons (Fsp3) is 0.200. The van der Waals surface area contributed by atoms with E-state index in [1.165, 1.54) is 18.2 Å². The van der Waals surface area contributed by atoms with Gasteiger partial charge in [-0.1, -0.05) is 6.07 Å². The second-order valence-electron chi connectivity index (χ2n) is 4.65. The summed E-state index contributed by atoms with van der Waals surface area (Å²) in [5.74, 6) is -0.923. The predicted octanol–water partition coefficient (Wildman–Crippen LogP) is 4.91. The summed E-state index contributed by atoms with van der Waals surface area (Å²) in [5, 5.41) is 12.9. The summed E-state index contributed by atoms with van der Waals surface area (Å²) < 4.78 is 26.7. The molecule has 106 valence electrons. The molecule has 2 N–H and O–H groups in total. The van der Waals surface area contributed by atoms with Crippen LogP contribution in [-0.4, -0.2) is 5.11 Å². The van der Waals surface area contributed by atoms with E-state index in [1.54, 1.807) is 13.0 Å². The zero-order chi connectivity index (χ0) is 14.9. The second-order valence-corrected chi connectivity index (χ2v) is 5.50. The number of hydrogen-bond donors (Lipinski definition) is 2. The molecule has 0 saturated heterocycles. The Kier molecular flexibility index (Phi) is 4.28. The number of phenolic OH excluding ortho intramolecular Hbond substituents is 1. The van der Waals surface area contributed by atoms with Crippen molar-refractivity contribution in [2.24, 2.45) is 0 Å². The summed E-state index contributed by atoms with van der Waals surface area (Å²) in [5.41, 5.74) is 2.07. The van der Waals surface area contributed by atoms with E-state index in [9.17, 15) is 13.9 Å². The van der Waals surface area contributed by atoms with E-state index in [2.05, 4.69) is 21.2 Å². The van der Waals surface area contributed by atoms with Crippen LogP contribution >= 0.6 is 15.9 Å².